The van der Waals surface area contributed by atoms with Crippen molar-refractivity contribution in [1.82, 2.24) is 20.9 Å². The number of hydrogen-bond acceptors (Lipinski definition) is 7. The van der Waals surface area contributed by atoms with Crippen molar-refractivity contribution in [2.75, 3.05) is 33.9 Å². The number of amides is 4. The van der Waals surface area contributed by atoms with Crippen molar-refractivity contribution in [2.45, 2.75) is 69.4 Å². The van der Waals surface area contributed by atoms with Crippen molar-refractivity contribution >= 4 is 23.6 Å². The van der Waals surface area contributed by atoms with E-state index < -0.39 is 35.5 Å². The van der Waals surface area contributed by atoms with Crippen LogP contribution < -0.4 is 20.7 Å². The van der Waals surface area contributed by atoms with Gasteiger partial charge in [0.25, 0.3) is 0 Å². The molecule has 0 aromatic heterocycles. The van der Waals surface area contributed by atoms with E-state index in [9.17, 15) is 19.2 Å². The topological polar surface area (TPSA) is 139 Å². The molecule has 2 aliphatic heterocycles. The first-order valence-corrected chi connectivity index (χ1v) is 14.7. The smallest absolute Gasteiger partial charge is 0.318 e. The first kappa shape index (κ1) is 32.0. The quantitative estimate of drug-likeness (QED) is 0.302. The fourth-order valence-electron chi connectivity index (χ4n) is 5.09. The summed E-state index contributed by atoms with van der Waals surface area (Å²) in [4.78, 5) is 54.9. The lowest BCUT2D eigenvalue weighted by molar-refractivity contribution is -0.133. The number of ketones is 1. The van der Waals surface area contributed by atoms with E-state index in [1.807, 2.05) is 42.5 Å². The molecule has 0 radical (unpaired) electrons. The van der Waals surface area contributed by atoms with Crippen LogP contribution in [-0.2, 0) is 36.7 Å². The molecule has 2 fully saturated rings. The van der Waals surface area contributed by atoms with E-state index in [4.69, 9.17) is 14.2 Å². The van der Waals surface area contributed by atoms with Gasteiger partial charge in [0, 0.05) is 26.6 Å². The van der Waals surface area contributed by atoms with Crippen LogP contribution in [-0.4, -0.2) is 92.3 Å². The molecule has 2 aromatic rings. The molecule has 0 bridgehead atoms. The molecule has 0 aliphatic carbocycles. The average molecular weight is 595 g/mol. The second kappa shape index (κ2) is 14.5. The van der Waals surface area contributed by atoms with E-state index in [0.29, 0.717) is 25.4 Å². The molecule has 0 saturated carbocycles. The normalized spacial score (nSPS) is 20.3. The number of piperidine rings is 1. The SMILES string of the molecule is COc1ccc(C[C@H](NC(=O)[C@H](C)NC(=O)N2CCC(OC)CC2)C(=O)N[C@@H](Cc2ccccc2)C(=O)[C@@]2(C)CO2)cc1. The highest BCUT2D eigenvalue weighted by Crippen LogP contribution is 2.29. The van der Waals surface area contributed by atoms with Gasteiger partial charge in [-0.05, 0) is 56.4 Å². The lowest BCUT2D eigenvalue weighted by Gasteiger charge is -2.32. The summed E-state index contributed by atoms with van der Waals surface area (Å²) >= 11 is 0. The summed E-state index contributed by atoms with van der Waals surface area (Å²) in [6, 6.07) is 13.4. The summed E-state index contributed by atoms with van der Waals surface area (Å²) in [6.45, 7) is 4.63. The molecular formula is C32H42N4O7. The molecule has 11 heteroatoms. The molecule has 232 valence electrons. The fourth-order valence-corrected chi connectivity index (χ4v) is 5.09. The van der Waals surface area contributed by atoms with Crippen molar-refractivity contribution < 1.29 is 33.4 Å². The molecule has 2 heterocycles. The number of likely N-dealkylation sites (tertiary alicyclic amines) is 1. The average Bonchev–Trinajstić information content (AvgIpc) is 3.78. The minimum Gasteiger partial charge on any atom is -0.497 e. The highest BCUT2D eigenvalue weighted by atomic mass is 16.6. The number of nitrogens with one attached hydrogen (secondary N) is 3. The van der Waals surface area contributed by atoms with Crippen LogP contribution in [0.1, 0.15) is 37.8 Å². The molecule has 2 aromatic carbocycles. The zero-order valence-corrected chi connectivity index (χ0v) is 25.3. The molecule has 4 atom stereocenters. The second-order valence-electron chi connectivity index (χ2n) is 11.3. The van der Waals surface area contributed by atoms with E-state index in [1.165, 1.54) is 0 Å². The Morgan fingerprint density at radius 1 is 0.884 bits per heavy atom. The number of carbonyl (C=O) groups excluding carboxylic acids is 4. The Balaban J connectivity index is 1.47. The molecule has 2 saturated heterocycles. The van der Waals surface area contributed by atoms with Crippen LogP contribution in [0, 0.1) is 0 Å². The van der Waals surface area contributed by atoms with E-state index in [1.54, 1.807) is 45.1 Å². The third-order valence-electron chi connectivity index (χ3n) is 8.04. The van der Waals surface area contributed by atoms with E-state index in [-0.39, 0.29) is 30.8 Å². The maximum atomic E-state index is 13.8. The van der Waals surface area contributed by atoms with Crippen LogP contribution in [0.5, 0.6) is 5.75 Å². The Morgan fingerprint density at radius 3 is 2.05 bits per heavy atom. The van der Waals surface area contributed by atoms with Gasteiger partial charge < -0.3 is 35.1 Å². The third kappa shape index (κ3) is 8.77. The maximum Gasteiger partial charge on any atom is 0.318 e. The number of epoxide rings is 1. The standard InChI is InChI=1S/C32H42N4O7/c1-21(33-31(40)36-16-14-25(42-4)15-17-36)29(38)35-27(19-23-10-12-24(41-3)13-11-23)30(39)34-26(28(37)32(2)20-43-32)18-22-8-6-5-7-9-22/h5-13,21,25-27H,14-20H2,1-4H3,(H,33,40)(H,34,39)(H,35,38)/t21-,26-,27-,32+/m0/s1. The van der Waals surface area contributed by atoms with Gasteiger partial charge in [0.1, 0.15) is 23.4 Å². The zero-order chi connectivity index (χ0) is 31.0. The zero-order valence-electron chi connectivity index (χ0n) is 25.3. The van der Waals surface area contributed by atoms with E-state index >= 15 is 0 Å². The van der Waals surface area contributed by atoms with Crippen LogP contribution in [0.25, 0.3) is 0 Å². The number of ether oxygens (including phenoxy) is 3. The number of carbonyl (C=O) groups is 4. The molecule has 4 amide bonds. The van der Waals surface area contributed by atoms with Gasteiger partial charge in [0.2, 0.25) is 11.8 Å². The van der Waals surface area contributed by atoms with Gasteiger partial charge in [0.15, 0.2) is 5.78 Å². The molecular weight excluding hydrogens is 552 g/mol. The molecule has 2 aliphatic rings. The summed E-state index contributed by atoms with van der Waals surface area (Å²) in [7, 11) is 3.22. The highest BCUT2D eigenvalue weighted by Gasteiger charge is 2.50. The maximum absolute atomic E-state index is 13.8. The largest absolute Gasteiger partial charge is 0.497 e. The second-order valence-corrected chi connectivity index (χ2v) is 11.3. The van der Waals surface area contributed by atoms with Crippen LogP contribution >= 0.6 is 0 Å². The highest BCUT2D eigenvalue weighted by molar-refractivity contribution is 5.98. The van der Waals surface area contributed by atoms with Crippen LogP contribution in [0.2, 0.25) is 0 Å². The van der Waals surface area contributed by atoms with Gasteiger partial charge in [-0.15, -0.1) is 0 Å². The lowest BCUT2D eigenvalue weighted by atomic mass is 9.94. The Kier molecular flexibility index (Phi) is 10.8. The molecule has 3 N–H and O–H groups in total. The summed E-state index contributed by atoms with van der Waals surface area (Å²) in [5.74, 6) is -0.594. The minimum atomic E-state index is -1.02. The summed E-state index contributed by atoms with van der Waals surface area (Å²) < 4.78 is 16.0. The number of Topliss-reactive ketones (excluding diaryl/α,β-unsaturated/α-hetero) is 1. The predicted molar refractivity (Wildman–Crippen MR) is 160 cm³/mol. The molecule has 11 nitrogen and oxygen atoms in total. The molecule has 0 unspecified atom stereocenters. The predicted octanol–water partition coefficient (Wildman–Crippen LogP) is 2.02. The van der Waals surface area contributed by atoms with Crippen molar-refractivity contribution in [3.63, 3.8) is 0 Å². The summed E-state index contributed by atoms with van der Waals surface area (Å²) in [5.41, 5.74) is 0.715. The number of benzene rings is 2. The summed E-state index contributed by atoms with van der Waals surface area (Å²) in [5, 5.41) is 8.43. The minimum absolute atomic E-state index is 0.119. The lowest BCUT2D eigenvalue weighted by Crippen LogP contribution is -2.58. The van der Waals surface area contributed by atoms with Crippen LogP contribution in [0.3, 0.4) is 0 Å². The Hall–Kier alpha value is -3.96. The van der Waals surface area contributed by atoms with Crippen molar-refractivity contribution in [1.29, 1.82) is 0 Å². The van der Waals surface area contributed by atoms with Gasteiger partial charge in [0.05, 0.1) is 25.9 Å². The van der Waals surface area contributed by atoms with E-state index in [2.05, 4.69) is 16.0 Å². The Labute approximate surface area is 252 Å². The molecule has 4 rings (SSSR count). The van der Waals surface area contributed by atoms with Crippen LogP contribution in [0.15, 0.2) is 54.6 Å². The summed E-state index contributed by atoms with van der Waals surface area (Å²) in [6.07, 6.45) is 2.00. The number of hydrogen-bond donors (Lipinski definition) is 3. The fraction of sp³-hybridized carbons (Fsp3) is 0.500. The van der Waals surface area contributed by atoms with Crippen LogP contribution in [0.4, 0.5) is 4.79 Å². The first-order chi connectivity index (χ1) is 20.6. The Bertz CT molecular complexity index is 1260. The van der Waals surface area contributed by atoms with Crippen molar-refractivity contribution in [3.05, 3.63) is 65.7 Å². The first-order valence-electron chi connectivity index (χ1n) is 14.7. The van der Waals surface area contributed by atoms with Gasteiger partial charge in [-0.2, -0.15) is 0 Å². The number of urea groups is 1. The van der Waals surface area contributed by atoms with Gasteiger partial charge in [-0.3, -0.25) is 14.4 Å². The third-order valence-corrected chi connectivity index (χ3v) is 8.04. The molecule has 0 spiro atoms. The monoisotopic (exact) mass is 594 g/mol. The van der Waals surface area contributed by atoms with Gasteiger partial charge in [-0.25, -0.2) is 4.79 Å². The van der Waals surface area contributed by atoms with Gasteiger partial charge >= 0.3 is 6.03 Å². The van der Waals surface area contributed by atoms with Gasteiger partial charge in [-0.1, -0.05) is 42.5 Å². The number of rotatable bonds is 13. The Morgan fingerprint density at radius 2 is 1.47 bits per heavy atom. The number of nitrogens with zero attached hydrogens (tertiary/aromatic N) is 1. The van der Waals surface area contributed by atoms with Crippen molar-refractivity contribution in [2.24, 2.45) is 0 Å². The number of methoxy groups -OCH3 is 2. The molecule has 43 heavy (non-hydrogen) atoms. The van der Waals surface area contributed by atoms with E-state index in [0.717, 1.165) is 24.0 Å². The van der Waals surface area contributed by atoms with Crippen molar-refractivity contribution in [3.8, 4) is 5.75 Å².